The van der Waals surface area contributed by atoms with Gasteiger partial charge in [-0.3, -0.25) is 19.2 Å². The van der Waals surface area contributed by atoms with Crippen LogP contribution in [0, 0.1) is 0 Å². The van der Waals surface area contributed by atoms with E-state index in [9.17, 15) is 137 Å². The van der Waals surface area contributed by atoms with E-state index in [2.05, 4.69) is 21.3 Å². The van der Waals surface area contributed by atoms with Gasteiger partial charge in [-0.1, -0.05) is 0 Å². The van der Waals surface area contributed by atoms with Crippen molar-refractivity contribution in [1.29, 1.82) is 0 Å². The number of carbonyl (C=O) groups excluding carboxylic acids is 4. The smallest absolute Gasteiger partial charge is 0.217 e. The van der Waals surface area contributed by atoms with Gasteiger partial charge in [0.25, 0.3) is 0 Å². The number of aliphatic hydroxyl groups excluding tert-OH is 23. The Balaban J connectivity index is 1.06. The molecule has 8 aliphatic heterocycles. The van der Waals surface area contributed by atoms with Gasteiger partial charge in [0, 0.05) is 20.8 Å². The molecule has 41 atom stereocenters. The molecule has 0 aliphatic carbocycles. The first-order valence-electron chi connectivity index (χ1n) is 33.3. The van der Waals surface area contributed by atoms with Crippen molar-refractivity contribution in [2.24, 2.45) is 0 Å². The van der Waals surface area contributed by atoms with Gasteiger partial charge in [-0.15, -0.1) is 0 Å². The van der Waals surface area contributed by atoms with E-state index in [4.69, 9.17) is 75.8 Å². The Morgan fingerprint density at radius 2 is 0.610 bits per heavy atom. The summed E-state index contributed by atoms with van der Waals surface area (Å²) in [6.45, 7) is -6.59. The number of nitrogens with one attached hydrogen (secondary N) is 4. The molecule has 4 amide bonds. The van der Waals surface area contributed by atoms with Crippen LogP contribution in [-0.4, -0.2) is 459 Å². The van der Waals surface area contributed by atoms with Gasteiger partial charge in [-0.2, -0.15) is 0 Å². The highest BCUT2D eigenvalue weighted by Gasteiger charge is 2.60. The normalized spacial score (nSPS) is 47.3. The monoisotopic (exact) mass is 1540 g/mol. The van der Waals surface area contributed by atoms with Crippen molar-refractivity contribution in [3.63, 3.8) is 0 Å². The van der Waals surface area contributed by atoms with Crippen LogP contribution in [0.3, 0.4) is 0 Å². The highest BCUT2D eigenvalue weighted by atomic mass is 16.8. The molecule has 608 valence electrons. The van der Waals surface area contributed by atoms with Crippen molar-refractivity contribution in [3.05, 3.63) is 0 Å². The lowest BCUT2D eigenvalue weighted by Gasteiger charge is -2.51. The Morgan fingerprint density at radius 3 is 0.990 bits per heavy atom. The molecule has 8 aliphatic rings. The first kappa shape index (κ1) is 86.9. The molecule has 47 nitrogen and oxygen atoms in total. The number of hydrogen-bond donors (Lipinski definition) is 27. The van der Waals surface area contributed by atoms with Crippen LogP contribution in [0.2, 0.25) is 0 Å². The van der Waals surface area contributed by atoms with E-state index in [-0.39, 0.29) is 6.41 Å². The predicted molar refractivity (Wildman–Crippen MR) is 323 cm³/mol. The summed E-state index contributed by atoms with van der Waals surface area (Å²) in [7, 11) is 0. The highest BCUT2D eigenvalue weighted by molar-refractivity contribution is 5.74. The van der Waals surface area contributed by atoms with Gasteiger partial charge in [0.1, 0.15) is 195 Å². The van der Waals surface area contributed by atoms with Gasteiger partial charge in [0.2, 0.25) is 24.1 Å². The lowest BCUT2D eigenvalue weighted by molar-refractivity contribution is -0.391. The summed E-state index contributed by atoms with van der Waals surface area (Å²) in [6.07, 6.45) is -74.4. The minimum absolute atomic E-state index is 0.254. The summed E-state index contributed by atoms with van der Waals surface area (Å²) in [5.41, 5.74) is 0. The molecule has 47 heteroatoms. The molecule has 105 heavy (non-hydrogen) atoms. The number of hydrogen-bond acceptors (Lipinski definition) is 43. The fourth-order valence-electron chi connectivity index (χ4n) is 13.2. The summed E-state index contributed by atoms with van der Waals surface area (Å²) in [5.74, 6) is -2.73. The summed E-state index contributed by atoms with van der Waals surface area (Å²) in [6, 6.07) is -6.60. The van der Waals surface area contributed by atoms with Gasteiger partial charge in [0.05, 0.1) is 72.1 Å². The number of carbonyl (C=O) groups is 4. The van der Waals surface area contributed by atoms with Crippen molar-refractivity contribution >= 4 is 24.1 Å². The Kier molecular flexibility index (Phi) is 32.3. The lowest BCUT2D eigenvalue weighted by Crippen LogP contribution is -2.71. The maximum atomic E-state index is 13.0. The molecular weight excluding hydrogens is 1440 g/mol. The molecular formula is C58H98N4O43. The molecule has 0 spiro atoms. The largest absolute Gasteiger partial charge is 0.394 e. The molecule has 0 saturated carbocycles. The summed E-state index contributed by atoms with van der Waals surface area (Å²) in [5, 5.41) is 262. The molecule has 0 aromatic carbocycles. The van der Waals surface area contributed by atoms with E-state index in [1.807, 2.05) is 0 Å². The van der Waals surface area contributed by atoms with Crippen LogP contribution in [0.25, 0.3) is 0 Å². The van der Waals surface area contributed by atoms with Crippen LogP contribution in [0.5, 0.6) is 0 Å². The van der Waals surface area contributed by atoms with Crippen LogP contribution >= 0.6 is 0 Å². The van der Waals surface area contributed by atoms with Crippen molar-refractivity contribution < 1.29 is 212 Å². The van der Waals surface area contributed by atoms with Gasteiger partial charge in [-0.05, 0) is 0 Å². The highest BCUT2D eigenvalue weighted by Crippen LogP contribution is 2.39. The van der Waals surface area contributed by atoms with Crippen molar-refractivity contribution in [2.75, 3.05) is 66.1 Å². The third kappa shape index (κ3) is 19.8. The fourth-order valence-corrected chi connectivity index (χ4v) is 13.2. The van der Waals surface area contributed by atoms with Gasteiger partial charge in [0.15, 0.2) is 50.3 Å². The molecule has 0 aromatic rings. The minimum atomic E-state index is -2.46. The predicted octanol–water partition coefficient (Wildman–Crippen LogP) is -18.9. The summed E-state index contributed by atoms with van der Waals surface area (Å²) < 4.78 is 93.2. The van der Waals surface area contributed by atoms with Crippen LogP contribution in [0.4, 0.5) is 0 Å². The van der Waals surface area contributed by atoms with E-state index >= 15 is 0 Å². The number of rotatable bonds is 31. The summed E-state index contributed by atoms with van der Waals surface area (Å²) >= 11 is 0. The standard InChI is InChI=1S/C58H98N4O43/c1-15(72)60-27-35(80)30(75)19(5-64)92-51(27)91-13-26-34(79)50(104-53-29(62-17(3)74)36(81)45(23(9-68)97-53)100-56-43(88)49(33(78)22(8-67)94-56)105-55-40(85)38(83)31(76)20(6-65)93-55)44(89)58(99-26)101-46-24(10-69)96-52(28(37(46)82)61-16(2)73)103-48-32(77)21(7-66)95-57(42(48)87)102-47-25(11-70)98-54(41(86)39(47)84)90-12-18(4-63)59-14-71/h14,18-58,63-70,75-89H,4-13H2,1-3H3,(H,59,71)(H,60,72)(H,61,73)(H,62,74)/t18-,19-,20-,21-,22-,23-,24-,25-,26-,27-,28-,29-,30-,31+,32+,33+,34+,35-,36-,37-,38+,39-,40-,41-,42-,43-,44-,45-,46-,47-,48+,49+,50+,51-,52+,53+,54-,55-,56+,57+,58+/m1/s1. The zero-order valence-corrected chi connectivity index (χ0v) is 56.3. The van der Waals surface area contributed by atoms with Crippen LogP contribution < -0.4 is 21.3 Å². The van der Waals surface area contributed by atoms with Crippen LogP contribution in [-0.2, 0) is 95.0 Å². The topological polar surface area (TPSA) is 729 Å². The van der Waals surface area contributed by atoms with Crippen molar-refractivity contribution in [1.82, 2.24) is 21.3 Å². The molecule has 8 saturated heterocycles. The van der Waals surface area contributed by atoms with Crippen molar-refractivity contribution in [2.45, 2.75) is 272 Å². The van der Waals surface area contributed by atoms with E-state index in [0.29, 0.717) is 0 Å². The van der Waals surface area contributed by atoms with Gasteiger partial charge >= 0.3 is 0 Å². The molecule has 0 aromatic heterocycles. The maximum absolute atomic E-state index is 13.0. The van der Waals surface area contributed by atoms with E-state index in [1.54, 1.807) is 0 Å². The molecule has 0 radical (unpaired) electrons. The zero-order valence-electron chi connectivity index (χ0n) is 56.3. The molecule has 27 N–H and O–H groups in total. The SMILES string of the molecule is CC(=O)N[C@H]1[C@H](O[C@H]2[C@@H](O)[C@@H](CO)O[C@@H](O[C@H]3[C@H](O)[C@@H](O)[C@H](OC[C@@H](CO)NC=O)O[C@@H]3CO)[C@@H]2O)O[C@H](CO)[C@@H](O[C@@H]2O[C@H](CO[C@@H]3O[C@H](CO)[C@@H](O)[C@H](O)[C@H]3NC(C)=O)[C@H](O)[C@H](O[C@@H]3O[C@H](CO)[C@@H](O[C@@H]4O[C@H](CO)[C@H](O)[C@H](O[C@H]5O[C@H](CO)[C@H](O)[C@H](O)[C@H]5O)[C@H]4O)[C@H](O)[C@H]3NC(C)=O)[C@H]2O)[C@@H]1O. The Hall–Kier alpha value is -3.68. The average Bonchev–Trinajstić information content (AvgIpc) is 0.768. The van der Waals surface area contributed by atoms with E-state index in [1.165, 1.54) is 0 Å². The first-order chi connectivity index (χ1) is 49.8. The third-order valence-corrected chi connectivity index (χ3v) is 18.8. The third-order valence-electron chi connectivity index (χ3n) is 18.8. The van der Waals surface area contributed by atoms with Crippen LogP contribution in [0.1, 0.15) is 20.8 Å². The quantitative estimate of drug-likeness (QED) is 0.0287. The Bertz CT molecular complexity index is 2700. The zero-order chi connectivity index (χ0) is 77.3. The molecule has 0 bridgehead atoms. The minimum Gasteiger partial charge on any atom is -0.394 e. The Morgan fingerprint density at radius 1 is 0.314 bits per heavy atom. The van der Waals surface area contributed by atoms with Gasteiger partial charge < -0.3 is 215 Å². The molecule has 8 rings (SSSR count). The average molecular weight is 1540 g/mol. The fraction of sp³-hybridized carbons (Fsp3) is 0.931. The van der Waals surface area contributed by atoms with Gasteiger partial charge in [-0.25, -0.2) is 0 Å². The molecule has 8 heterocycles. The van der Waals surface area contributed by atoms with Crippen molar-refractivity contribution in [3.8, 4) is 0 Å². The second-order valence-corrected chi connectivity index (χ2v) is 26.1. The first-order valence-corrected chi connectivity index (χ1v) is 33.3. The second-order valence-electron chi connectivity index (χ2n) is 26.1. The van der Waals surface area contributed by atoms with E-state index < -0.39 is 335 Å². The second kappa shape index (κ2) is 39.0. The number of amides is 4. The van der Waals surface area contributed by atoms with Crippen LogP contribution in [0.15, 0.2) is 0 Å². The number of aliphatic hydroxyl groups is 23. The Labute approximate surface area is 594 Å². The lowest BCUT2D eigenvalue weighted by atomic mass is 9.93. The molecule has 8 fully saturated rings. The maximum Gasteiger partial charge on any atom is 0.217 e. The summed E-state index contributed by atoms with van der Waals surface area (Å²) in [4.78, 5) is 49.4. The molecule has 0 unspecified atom stereocenters. The number of ether oxygens (including phenoxy) is 16. The van der Waals surface area contributed by atoms with E-state index in [0.717, 1.165) is 20.8 Å².